The lowest BCUT2D eigenvalue weighted by Crippen LogP contribution is -2.44. The van der Waals surface area contributed by atoms with Gasteiger partial charge in [-0.2, -0.15) is 0 Å². The standard InChI is InChI=1S/C31H39NO2/c1-30(2,3)25-15-17-29(18-16-25)34-24-10-21-32-22-19-28(20-23-32)31(33,26-11-6-4-7-12-26)27-13-8-5-9-14-27/h4-9,11-18,28,33H,10,19-24H2,1-3H3. The molecule has 180 valence electrons. The quantitative estimate of drug-likeness (QED) is 0.397. The van der Waals surface area contributed by atoms with Crippen molar-refractivity contribution in [2.45, 2.75) is 51.0 Å². The summed E-state index contributed by atoms with van der Waals surface area (Å²) >= 11 is 0. The van der Waals surface area contributed by atoms with Gasteiger partial charge in [-0.15, -0.1) is 0 Å². The van der Waals surface area contributed by atoms with Crippen LogP contribution in [0.15, 0.2) is 84.9 Å². The van der Waals surface area contributed by atoms with Crippen LogP contribution in [-0.4, -0.2) is 36.2 Å². The number of ether oxygens (including phenoxy) is 1. The number of hydrogen-bond donors (Lipinski definition) is 1. The van der Waals surface area contributed by atoms with Gasteiger partial charge in [0, 0.05) is 6.54 Å². The molecule has 3 nitrogen and oxygen atoms in total. The van der Waals surface area contributed by atoms with Gasteiger partial charge >= 0.3 is 0 Å². The van der Waals surface area contributed by atoms with E-state index in [-0.39, 0.29) is 11.3 Å². The minimum atomic E-state index is -0.947. The van der Waals surface area contributed by atoms with E-state index in [0.717, 1.165) is 62.4 Å². The van der Waals surface area contributed by atoms with Crippen LogP contribution in [-0.2, 0) is 11.0 Å². The Balaban J connectivity index is 1.29. The third-order valence-electron chi connectivity index (χ3n) is 7.21. The highest BCUT2D eigenvalue weighted by Gasteiger charge is 2.41. The maximum atomic E-state index is 12.0. The third kappa shape index (κ3) is 5.71. The highest BCUT2D eigenvalue weighted by molar-refractivity contribution is 5.37. The zero-order valence-electron chi connectivity index (χ0n) is 20.9. The van der Waals surface area contributed by atoms with Crippen molar-refractivity contribution in [3.8, 4) is 5.75 Å². The number of rotatable bonds is 8. The lowest BCUT2D eigenvalue weighted by atomic mass is 9.72. The van der Waals surface area contributed by atoms with E-state index >= 15 is 0 Å². The largest absolute Gasteiger partial charge is 0.494 e. The van der Waals surface area contributed by atoms with E-state index < -0.39 is 5.60 Å². The summed E-state index contributed by atoms with van der Waals surface area (Å²) in [6.07, 6.45) is 2.97. The van der Waals surface area contributed by atoms with E-state index in [0.29, 0.717) is 0 Å². The predicted molar refractivity (Wildman–Crippen MR) is 140 cm³/mol. The summed E-state index contributed by atoms with van der Waals surface area (Å²) in [5.41, 5.74) is 2.53. The van der Waals surface area contributed by atoms with Crippen molar-refractivity contribution in [3.05, 3.63) is 102 Å². The van der Waals surface area contributed by atoms with Gasteiger partial charge in [-0.05, 0) is 72.5 Å². The molecule has 0 saturated carbocycles. The number of likely N-dealkylation sites (tertiary alicyclic amines) is 1. The van der Waals surface area contributed by atoms with Crippen LogP contribution in [0, 0.1) is 5.92 Å². The van der Waals surface area contributed by atoms with E-state index in [1.165, 1.54) is 5.56 Å². The molecule has 0 radical (unpaired) electrons. The summed E-state index contributed by atoms with van der Waals surface area (Å²) in [6.45, 7) is 10.5. The molecule has 3 heteroatoms. The Morgan fingerprint density at radius 2 is 1.29 bits per heavy atom. The van der Waals surface area contributed by atoms with Crippen molar-refractivity contribution in [1.29, 1.82) is 0 Å². The van der Waals surface area contributed by atoms with Crippen LogP contribution in [0.1, 0.15) is 56.7 Å². The Morgan fingerprint density at radius 3 is 1.79 bits per heavy atom. The van der Waals surface area contributed by atoms with Gasteiger partial charge in [-0.1, -0.05) is 93.6 Å². The molecule has 1 saturated heterocycles. The number of benzene rings is 3. The van der Waals surface area contributed by atoms with Gasteiger partial charge in [0.1, 0.15) is 11.4 Å². The van der Waals surface area contributed by atoms with Crippen LogP contribution in [0.2, 0.25) is 0 Å². The predicted octanol–water partition coefficient (Wildman–Crippen LogP) is 6.40. The Bertz CT molecular complexity index is 961. The second-order valence-electron chi connectivity index (χ2n) is 10.6. The zero-order chi connectivity index (χ0) is 24.0. The zero-order valence-corrected chi connectivity index (χ0v) is 20.9. The summed E-state index contributed by atoms with van der Waals surface area (Å²) in [6, 6.07) is 28.9. The molecule has 0 atom stereocenters. The summed E-state index contributed by atoms with van der Waals surface area (Å²) in [7, 11) is 0. The van der Waals surface area contributed by atoms with Crippen LogP contribution in [0.4, 0.5) is 0 Å². The number of nitrogens with zero attached hydrogens (tertiary/aromatic N) is 1. The molecule has 4 rings (SSSR count). The molecule has 0 aliphatic carbocycles. The Labute approximate surface area is 205 Å². The van der Waals surface area contributed by atoms with Crippen molar-refractivity contribution in [3.63, 3.8) is 0 Å². The second-order valence-corrected chi connectivity index (χ2v) is 10.6. The molecule has 34 heavy (non-hydrogen) atoms. The fourth-order valence-corrected chi connectivity index (χ4v) is 5.13. The fraction of sp³-hybridized carbons (Fsp3) is 0.419. The minimum Gasteiger partial charge on any atom is -0.494 e. The lowest BCUT2D eigenvalue weighted by molar-refractivity contribution is -0.0146. The molecule has 0 amide bonds. The minimum absolute atomic E-state index is 0.165. The van der Waals surface area contributed by atoms with E-state index in [4.69, 9.17) is 4.74 Å². The smallest absolute Gasteiger partial charge is 0.119 e. The van der Waals surface area contributed by atoms with E-state index in [2.05, 4.69) is 74.2 Å². The third-order valence-corrected chi connectivity index (χ3v) is 7.21. The van der Waals surface area contributed by atoms with E-state index in [9.17, 15) is 5.11 Å². The Hall–Kier alpha value is -2.62. The molecule has 0 unspecified atom stereocenters. The lowest BCUT2D eigenvalue weighted by Gasteiger charge is -2.42. The van der Waals surface area contributed by atoms with Gasteiger partial charge in [0.25, 0.3) is 0 Å². The van der Waals surface area contributed by atoms with Crippen molar-refractivity contribution in [1.82, 2.24) is 4.90 Å². The molecule has 1 N–H and O–H groups in total. The van der Waals surface area contributed by atoms with Crippen LogP contribution in [0.5, 0.6) is 5.75 Å². The second kappa shape index (κ2) is 10.8. The van der Waals surface area contributed by atoms with Crippen LogP contribution < -0.4 is 4.74 Å². The van der Waals surface area contributed by atoms with Crippen molar-refractivity contribution in [2.75, 3.05) is 26.2 Å². The SMILES string of the molecule is CC(C)(C)c1ccc(OCCCN2CCC(C(O)(c3ccccc3)c3ccccc3)CC2)cc1. The monoisotopic (exact) mass is 457 g/mol. The maximum absolute atomic E-state index is 12.0. The average Bonchev–Trinajstić information content (AvgIpc) is 2.87. The average molecular weight is 458 g/mol. The van der Waals surface area contributed by atoms with Crippen LogP contribution in [0.3, 0.4) is 0 Å². The summed E-state index contributed by atoms with van der Waals surface area (Å²) in [5, 5.41) is 12.0. The van der Waals surface area contributed by atoms with Crippen LogP contribution >= 0.6 is 0 Å². The molecule has 1 aliphatic heterocycles. The maximum Gasteiger partial charge on any atom is 0.119 e. The molecule has 0 spiro atoms. The number of hydrogen-bond acceptors (Lipinski definition) is 3. The molecule has 3 aromatic carbocycles. The van der Waals surface area contributed by atoms with E-state index in [1.807, 2.05) is 36.4 Å². The summed E-state index contributed by atoms with van der Waals surface area (Å²) in [4.78, 5) is 2.51. The first-order valence-electron chi connectivity index (χ1n) is 12.7. The van der Waals surface area contributed by atoms with Crippen molar-refractivity contribution < 1.29 is 9.84 Å². The van der Waals surface area contributed by atoms with E-state index in [1.54, 1.807) is 0 Å². The number of aliphatic hydroxyl groups is 1. The molecule has 0 bridgehead atoms. The first kappa shape index (κ1) is 24.5. The van der Waals surface area contributed by atoms with Gasteiger partial charge in [0.15, 0.2) is 0 Å². The number of piperidine rings is 1. The summed E-state index contributed by atoms with van der Waals surface area (Å²) < 4.78 is 5.99. The first-order chi connectivity index (χ1) is 16.4. The van der Waals surface area contributed by atoms with Gasteiger partial charge < -0.3 is 14.7 Å². The van der Waals surface area contributed by atoms with Gasteiger partial charge in [0.05, 0.1) is 6.61 Å². The highest BCUT2D eigenvalue weighted by Crippen LogP contribution is 2.41. The molecule has 1 fully saturated rings. The van der Waals surface area contributed by atoms with Crippen molar-refractivity contribution in [2.24, 2.45) is 5.92 Å². The first-order valence-corrected chi connectivity index (χ1v) is 12.7. The molecule has 3 aromatic rings. The fourth-order valence-electron chi connectivity index (χ4n) is 5.13. The van der Waals surface area contributed by atoms with Crippen LogP contribution in [0.25, 0.3) is 0 Å². The molecular weight excluding hydrogens is 418 g/mol. The van der Waals surface area contributed by atoms with Gasteiger partial charge in [-0.3, -0.25) is 0 Å². The Kier molecular flexibility index (Phi) is 7.75. The van der Waals surface area contributed by atoms with Gasteiger partial charge in [0.2, 0.25) is 0 Å². The van der Waals surface area contributed by atoms with Gasteiger partial charge in [-0.25, -0.2) is 0 Å². The topological polar surface area (TPSA) is 32.7 Å². The molecular formula is C31H39NO2. The normalized spacial score (nSPS) is 15.9. The molecule has 1 aliphatic rings. The highest BCUT2D eigenvalue weighted by atomic mass is 16.5. The molecule has 1 heterocycles. The molecule has 0 aromatic heterocycles. The van der Waals surface area contributed by atoms with Crippen molar-refractivity contribution >= 4 is 0 Å². The summed E-state index contributed by atoms with van der Waals surface area (Å²) in [5.74, 6) is 1.15. The Morgan fingerprint density at radius 1 is 0.765 bits per heavy atom.